The molecule has 0 saturated heterocycles. The summed E-state index contributed by atoms with van der Waals surface area (Å²) in [6, 6.07) is 1.64. The number of hydrogen-bond donors (Lipinski definition) is 3. The van der Waals surface area contributed by atoms with E-state index in [9.17, 15) is 14.7 Å². The molecule has 21 heavy (non-hydrogen) atoms. The topological polar surface area (TPSA) is 78.4 Å². The van der Waals surface area contributed by atoms with Crippen LogP contribution in [0.3, 0.4) is 0 Å². The Bertz CT molecular complexity index is 512. The monoisotopic (exact) mass is 374 g/mol. The number of carbonyl (C=O) groups is 2. The lowest BCUT2D eigenvalue weighted by Crippen LogP contribution is -2.47. The number of aliphatic carboxylic acids is 1. The average Bonchev–Trinajstić information content (AvgIpc) is 2.89. The van der Waals surface area contributed by atoms with E-state index in [4.69, 9.17) is 0 Å². The molecule has 0 spiro atoms. The maximum absolute atomic E-state index is 11.8. The maximum Gasteiger partial charge on any atom is 0.315 e. The number of hydrogen-bond acceptors (Lipinski definition) is 3. The zero-order valence-corrected chi connectivity index (χ0v) is 14.1. The van der Waals surface area contributed by atoms with Gasteiger partial charge in [0.2, 0.25) is 0 Å². The van der Waals surface area contributed by atoms with Crippen LogP contribution >= 0.6 is 27.3 Å². The molecule has 5 nitrogen and oxygen atoms in total. The fraction of sp³-hybridized carbons (Fsp3) is 0.571. The molecular formula is C14H19BrN2O3S. The summed E-state index contributed by atoms with van der Waals surface area (Å²) in [7, 11) is 0. The van der Waals surface area contributed by atoms with Gasteiger partial charge in [-0.15, -0.1) is 11.3 Å². The molecule has 3 N–H and O–H groups in total. The van der Waals surface area contributed by atoms with Gasteiger partial charge in [-0.1, -0.05) is 19.3 Å². The molecule has 0 bridgehead atoms. The van der Waals surface area contributed by atoms with Crippen molar-refractivity contribution in [2.45, 2.75) is 38.6 Å². The van der Waals surface area contributed by atoms with E-state index in [2.05, 4.69) is 26.6 Å². The Morgan fingerprint density at radius 1 is 1.29 bits per heavy atom. The lowest BCUT2D eigenvalue weighted by Gasteiger charge is -2.33. The Kier molecular flexibility index (Phi) is 5.64. The second-order valence-electron chi connectivity index (χ2n) is 5.41. The fourth-order valence-corrected chi connectivity index (χ4v) is 4.01. The number of halogens is 1. The molecule has 0 unspecified atom stereocenters. The predicted molar refractivity (Wildman–Crippen MR) is 85.4 cm³/mol. The van der Waals surface area contributed by atoms with Crippen molar-refractivity contribution in [2.75, 3.05) is 6.54 Å². The van der Waals surface area contributed by atoms with E-state index in [-0.39, 0.29) is 12.6 Å². The van der Waals surface area contributed by atoms with E-state index in [1.54, 1.807) is 11.3 Å². The van der Waals surface area contributed by atoms with E-state index < -0.39 is 11.4 Å². The van der Waals surface area contributed by atoms with Gasteiger partial charge in [0, 0.05) is 21.3 Å². The molecule has 0 atom stereocenters. The predicted octanol–water partition coefficient (Wildman–Crippen LogP) is 3.34. The zero-order chi connectivity index (χ0) is 15.3. The number of thiophene rings is 1. The maximum atomic E-state index is 11.8. The Morgan fingerprint density at radius 2 is 2.00 bits per heavy atom. The van der Waals surface area contributed by atoms with Gasteiger partial charge in [0.1, 0.15) is 0 Å². The number of carboxylic acid groups (broad SMARTS) is 1. The Labute approximate surface area is 136 Å². The van der Waals surface area contributed by atoms with Crippen LogP contribution in [0.15, 0.2) is 15.9 Å². The molecule has 2 amide bonds. The first-order valence-electron chi connectivity index (χ1n) is 7.00. The minimum Gasteiger partial charge on any atom is -0.481 e. The van der Waals surface area contributed by atoms with Gasteiger partial charge < -0.3 is 15.7 Å². The van der Waals surface area contributed by atoms with E-state index >= 15 is 0 Å². The summed E-state index contributed by atoms with van der Waals surface area (Å²) in [5, 5.41) is 16.9. The SMILES string of the molecule is O=C(NCc1cc(Br)cs1)NCC1(C(=O)O)CCCCC1. The number of amides is 2. The summed E-state index contributed by atoms with van der Waals surface area (Å²) in [4.78, 5) is 24.3. The molecule has 2 rings (SSSR count). The Hall–Kier alpha value is -1.08. The van der Waals surface area contributed by atoms with Crippen molar-refractivity contribution >= 4 is 39.3 Å². The third kappa shape index (κ3) is 4.44. The van der Waals surface area contributed by atoms with Gasteiger partial charge in [0.05, 0.1) is 12.0 Å². The van der Waals surface area contributed by atoms with Crippen LogP contribution in [-0.4, -0.2) is 23.7 Å². The lowest BCUT2D eigenvalue weighted by atomic mass is 9.74. The second kappa shape index (κ2) is 7.26. The number of rotatable bonds is 5. The summed E-state index contributed by atoms with van der Waals surface area (Å²) in [6.07, 6.45) is 4.19. The minimum atomic E-state index is -0.801. The normalized spacial score (nSPS) is 17.2. The lowest BCUT2D eigenvalue weighted by molar-refractivity contribution is -0.150. The molecule has 116 valence electrons. The van der Waals surface area contributed by atoms with Crippen LogP contribution in [0.5, 0.6) is 0 Å². The summed E-state index contributed by atoms with van der Waals surface area (Å²) >= 11 is 4.92. The van der Waals surface area contributed by atoms with E-state index in [1.165, 1.54) is 0 Å². The fourth-order valence-electron chi connectivity index (χ4n) is 2.62. The van der Waals surface area contributed by atoms with Crippen LogP contribution in [-0.2, 0) is 11.3 Å². The smallest absolute Gasteiger partial charge is 0.315 e. The third-order valence-electron chi connectivity index (χ3n) is 3.90. The number of nitrogens with one attached hydrogen (secondary N) is 2. The number of carbonyl (C=O) groups excluding carboxylic acids is 1. The van der Waals surface area contributed by atoms with Crippen molar-refractivity contribution in [1.82, 2.24) is 10.6 Å². The van der Waals surface area contributed by atoms with Crippen molar-refractivity contribution < 1.29 is 14.7 Å². The summed E-state index contributed by atoms with van der Waals surface area (Å²) < 4.78 is 0.997. The first-order chi connectivity index (χ1) is 10.0. The minimum absolute atomic E-state index is 0.197. The first-order valence-corrected chi connectivity index (χ1v) is 8.67. The second-order valence-corrected chi connectivity index (χ2v) is 7.33. The van der Waals surface area contributed by atoms with Gasteiger partial charge >= 0.3 is 12.0 Å². The van der Waals surface area contributed by atoms with E-state index in [0.717, 1.165) is 28.6 Å². The molecule has 1 aliphatic rings. The summed E-state index contributed by atoms with van der Waals surface area (Å²) in [5.41, 5.74) is -0.790. The van der Waals surface area contributed by atoms with Crippen LogP contribution in [0.1, 0.15) is 37.0 Å². The Balaban J connectivity index is 1.80. The van der Waals surface area contributed by atoms with Crippen LogP contribution in [0.2, 0.25) is 0 Å². The molecular weight excluding hydrogens is 356 g/mol. The van der Waals surface area contributed by atoms with Gasteiger partial charge in [0.25, 0.3) is 0 Å². The summed E-state index contributed by atoms with van der Waals surface area (Å²) in [5.74, 6) is -0.801. The number of urea groups is 1. The third-order valence-corrected chi connectivity index (χ3v) is 5.59. The van der Waals surface area contributed by atoms with Crippen molar-refractivity contribution in [1.29, 1.82) is 0 Å². The van der Waals surface area contributed by atoms with Gasteiger partial charge in [-0.25, -0.2) is 4.79 Å². The molecule has 1 heterocycles. The average molecular weight is 375 g/mol. The highest BCUT2D eigenvalue weighted by atomic mass is 79.9. The van der Waals surface area contributed by atoms with Crippen LogP contribution in [0.25, 0.3) is 0 Å². The molecule has 1 saturated carbocycles. The standard InChI is InChI=1S/C14H19BrN2O3S/c15-10-6-11(21-8-10)7-16-13(20)17-9-14(12(18)19)4-2-1-3-5-14/h6,8H,1-5,7,9H2,(H,18,19)(H2,16,17,20). The highest BCUT2D eigenvalue weighted by Crippen LogP contribution is 2.35. The van der Waals surface area contributed by atoms with Gasteiger partial charge in [-0.3, -0.25) is 4.79 Å². The summed E-state index contributed by atoms with van der Waals surface area (Å²) in [6.45, 7) is 0.643. The Morgan fingerprint density at radius 3 is 2.57 bits per heavy atom. The molecule has 1 fully saturated rings. The molecule has 0 aromatic carbocycles. The molecule has 0 aliphatic heterocycles. The first kappa shape index (κ1) is 16.3. The van der Waals surface area contributed by atoms with Crippen molar-refractivity contribution in [3.8, 4) is 0 Å². The molecule has 7 heteroatoms. The number of carboxylic acids is 1. The van der Waals surface area contributed by atoms with Gasteiger partial charge in [-0.05, 0) is 34.8 Å². The van der Waals surface area contributed by atoms with Crippen LogP contribution < -0.4 is 10.6 Å². The largest absolute Gasteiger partial charge is 0.481 e. The van der Waals surface area contributed by atoms with Crippen molar-refractivity contribution in [3.63, 3.8) is 0 Å². The van der Waals surface area contributed by atoms with Crippen LogP contribution in [0, 0.1) is 5.41 Å². The van der Waals surface area contributed by atoms with Gasteiger partial charge in [0.15, 0.2) is 0 Å². The molecule has 0 radical (unpaired) electrons. The highest BCUT2D eigenvalue weighted by molar-refractivity contribution is 9.10. The van der Waals surface area contributed by atoms with Crippen molar-refractivity contribution in [2.24, 2.45) is 5.41 Å². The van der Waals surface area contributed by atoms with Crippen molar-refractivity contribution in [3.05, 3.63) is 20.8 Å². The highest BCUT2D eigenvalue weighted by Gasteiger charge is 2.39. The molecule has 1 aromatic rings. The van der Waals surface area contributed by atoms with E-state index in [0.29, 0.717) is 19.4 Å². The molecule has 1 aliphatic carbocycles. The zero-order valence-electron chi connectivity index (χ0n) is 11.7. The quantitative estimate of drug-likeness (QED) is 0.739. The van der Waals surface area contributed by atoms with Gasteiger partial charge in [-0.2, -0.15) is 0 Å². The molecule has 1 aromatic heterocycles. The van der Waals surface area contributed by atoms with Crippen LogP contribution in [0.4, 0.5) is 4.79 Å². The van der Waals surface area contributed by atoms with E-state index in [1.807, 2.05) is 11.4 Å².